The molecule has 114 valence electrons. The van der Waals surface area contributed by atoms with Crippen LogP contribution in [-0.2, 0) is 4.79 Å². The van der Waals surface area contributed by atoms with E-state index in [2.05, 4.69) is 4.74 Å². The number of hydrogen-bond donors (Lipinski definition) is 0. The first-order chi connectivity index (χ1) is 9.80. The minimum Gasteiger partial charge on any atom is -0.406 e. The van der Waals surface area contributed by atoms with Gasteiger partial charge in [-0.2, -0.15) is 0 Å². The number of anilines is 1. The van der Waals surface area contributed by atoms with Gasteiger partial charge >= 0.3 is 6.36 Å². The molecule has 1 unspecified atom stereocenters. The van der Waals surface area contributed by atoms with Gasteiger partial charge in [0.05, 0.1) is 0 Å². The lowest BCUT2D eigenvalue weighted by molar-refractivity contribution is -0.274. The number of carbonyl (C=O) groups is 1. The Hall–Kier alpha value is -2.05. The summed E-state index contributed by atoms with van der Waals surface area (Å²) in [6.07, 6.45) is -4.27. The van der Waals surface area contributed by atoms with E-state index >= 15 is 0 Å². The minimum absolute atomic E-state index is 0.100. The zero-order chi connectivity index (χ0) is 15.6. The number of alkyl halides is 4. The van der Waals surface area contributed by atoms with Crippen molar-refractivity contribution in [3.8, 4) is 5.75 Å². The number of nitrogens with zero attached hydrogens (tertiary/aromatic N) is 1. The summed E-state index contributed by atoms with van der Waals surface area (Å²) in [5, 5.41) is 0. The van der Waals surface area contributed by atoms with E-state index in [-0.39, 0.29) is 12.1 Å². The summed E-state index contributed by atoms with van der Waals surface area (Å²) in [6.45, 7) is 1.82. The van der Waals surface area contributed by atoms with Crippen molar-refractivity contribution in [1.29, 1.82) is 0 Å². The summed E-state index contributed by atoms with van der Waals surface area (Å²) in [6, 6.07) is 4.52. The highest BCUT2D eigenvalue weighted by molar-refractivity contribution is 6.03. The monoisotopic (exact) mass is 303 g/mol. The summed E-state index contributed by atoms with van der Waals surface area (Å²) in [4.78, 5) is 12.8. The Morgan fingerprint density at radius 2 is 1.90 bits per heavy atom. The van der Waals surface area contributed by atoms with Gasteiger partial charge in [-0.1, -0.05) is 12.5 Å². The van der Waals surface area contributed by atoms with E-state index in [1.54, 1.807) is 0 Å². The third kappa shape index (κ3) is 3.74. The van der Waals surface area contributed by atoms with Gasteiger partial charge < -0.3 is 4.74 Å². The van der Waals surface area contributed by atoms with Gasteiger partial charge in [-0.25, -0.2) is 4.39 Å². The fourth-order valence-corrected chi connectivity index (χ4v) is 2.09. The fraction of sp³-hybridized carbons (Fsp3) is 0.357. The van der Waals surface area contributed by atoms with E-state index in [4.69, 9.17) is 0 Å². The quantitative estimate of drug-likeness (QED) is 0.625. The second-order valence-electron chi connectivity index (χ2n) is 4.54. The van der Waals surface area contributed by atoms with E-state index in [1.165, 1.54) is 18.2 Å². The van der Waals surface area contributed by atoms with Crippen LogP contribution < -0.4 is 9.64 Å². The molecule has 0 saturated heterocycles. The van der Waals surface area contributed by atoms with Crippen molar-refractivity contribution in [1.82, 2.24) is 0 Å². The molecule has 1 amide bonds. The number of halogens is 4. The van der Waals surface area contributed by atoms with Crippen LogP contribution in [0.15, 0.2) is 35.9 Å². The Labute approximate surface area is 118 Å². The van der Waals surface area contributed by atoms with Crippen molar-refractivity contribution >= 4 is 11.6 Å². The third-order valence-corrected chi connectivity index (χ3v) is 3.08. The predicted molar refractivity (Wildman–Crippen MR) is 68.5 cm³/mol. The molecule has 0 spiro atoms. The van der Waals surface area contributed by atoms with Crippen LogP contribution in [0.3, 0.4) is 0 Å². The molecule has 1 aromatic rings. The molecular formula is C14H13F4NO2. The Morgan fingerprint density at radius 3 is 2.38 bits per heavy atom. The highest BCUT2D eigenvalue weighted by atomic mass is 19.4. The molecule has 1 aliphatic rings. The lowest BCUT2D eigenvalue weighted by atomic mass is 10.0. The molecule has 0 aliphatic carbocycles. The highest BCUT2D eigenvalue weighted by Crippen LogP contribution is 2.30. The molecule has 1 heterocycles. The summed E-state index contributed by atoms with van der Waals surface area (Å²) in [5.41, 5.74) is 0.897. The molecular weight excluding hydrogens is 290 g/mol. The summed E-state index contributed by atoms with van der Waals surface area (Å²) in [5.74, 6) is -0.939. The number of ether oxygens (including phenoxy) is 1. The number of benzene rings is 1. The summed E-state index contributed by atoms with van der Waals surface area (Å²) in [7, 11) is 0. The van der Waals surface area contributed by atoms with Crippen LogP contribution in [0.5, 0.6) is 5.75 Å². The van der Waals surface area contributed by atoms with Gasteiger partial charge in [0.15, 0.2) is 6.30 Å². The van der Waals surface area contributed by atoms with Crippen molar-refractivity contribution in [2.75, 3.05) is 4.90 Å². The molecule has 0 aromatic heterocycles. The fourth-order valence-electron chi connectivity index (χ4n) is 2.09. The lowest BCUT2D eigenvalue weighted by Gasteiger charge is -2.30. The van der Waals surface area contributed by atoms with Gasteiger partial charge in [-0.15, -0.1) is 13.2 Å². The molecule has 1 aromatic carbocycles. The van der Waals surface area contributed by atoms with Crippen molar-refractivity contribution in [2.24, 2.45) is 0 Å². The van der Waals surface area contributed by atoms with Gasteiger partial charge in [-0.3, -0.25) is 9.69 Å². The Morgan fingerprint density at radius 1 is 1.29 bits per heavy atom. The van der Waals surface area contributed by atoms with Crippen molar-refractivity contribution in [3.05, 3.63) is 35.9 Å². The number of rotatable bonds is 3. The van der Waals surface area contributed by atoms with Crippen molar-refractivity contribution < 1.29 is 27.1 Å². The van der Waals surface area contributed by atoms with Crippen molar-refractivity contribution in [3.63, 3.8) is 0 Å². The molecule has 3 nitrogen and oxygen atoms in total. The van der Waals surface area contributed by atoms with Crippen LogP contribution >= 0.6 is 0 Å². The van der Waals surface area contributed by atoms with Crippen molar-refractivity contribution in [2.45, 2.75) is 32.4 Å². The van der Waals surface area contributed by atoms with Crippen LogP contribution in [0.2, 0.25) is 0 Å². The first-order valence-electron chi connectivity index (χ1n) is 6.32. The Bertz CT molecular complexity index is 551. The molecule has 7 heteroatoms. The zero-order valence-corrected chi connectivity index (χ0v) is 11.2. The van der Waals surface area contributed by atoms with E-state index in [9.17, 15) is 22.4 Å². The second-order valence-corrected chi connectivity index (χ2v) is 4.54. The van der Waals surface area contributed by atoms with E-state index in [0.717, 1.165) is 17.0 Å². The largest absolute Gasteiger partial charge is 0.573 e. The molecule has 0 saturated carbocycles. The molecule has 0 N–H and O–H groups in total. The average molecular weight is 303 g/mol. The number of amides is 1. The molecule has 21 heavy (non-hydrogen) atoms. The standard InChI is InChI=1S/C14H13F4NO2/c1-2-9-7-12(15)19(13(20)8-9)10-3-5-11(6-4-10)21-14(16,17)18/h3-6,8,12H,2,7H2,1H3. The predicted octanol–water partition coefficient (Wildman–Crippen LogP) is 3.95. The summed E-state index contributed by atoms with van der Waals surface area (Å²) < 4.78 is 53.9. The first-order valence-corrected chi connectivity index (χ1v) is 6.32. The normalized spacial score (nSPS) is 19.5. The smallest absolute Gasteiger partial charge is 0.406 e. The maximum absolute atomic E-state index is 14.0. The second kappa shape index (κ2) is 5.75. The maximum atomic E-state index is 14.0. The van der Waals surface area contributed by atoms with Gasteiger partial charge in [0.2, 0.25) is 0 Å². The van der Waals surface area contributed by atoms with E-state index < -0.39 is 24.3 Å². The number of hydrogen-bond acceptors (Lipinski definition) is 2. The molecule has 0 fully saturated rings. The van der Waals surface area contributed by atoms with Crippen LogP contribution in [-0.4, -0.2) is 18.6 Å². The first kappa shape index (κ1) is 15.3. The van der Waals surface area contributed by atoms with Crippen LogP contribution in [0.25, 0.3) is 0 Å². The molecule has 0 bridgehead atoms. The van der Waals surface area contributed by atoms with Gasteiger partial charge in [0.25, 0.3) is 5.91 Å². The molecule has 0 radical (unpaired) electrons. The molecule has 1 atom stereocenters. The Balaban J connectivity index is 2.19. The zero-order valence-electron chi connectivity index (χ0n) is 11.2. The third-order valence-electron chi connectivity index (χ3n) is 3.08. The lowest BCUT2D eigenvalue weighted by Crippen LogP contribution is -2.40. The molecule has 1 aliphatic heterocycles. The minimum atomic E-state index is -4.79. The van der Waals surface area contributed by atoms with E-state index in [1.807, 2.05) is 6.92 Å². The summed E-state index contributed by atoms with van der Waals surface area (Å²) >= 11 is 0. The van der Waals surface area contributed by atoms with Crippen LogP contribution in [0.1, 0.15) is 19.8 Å². The van der Waals surface area contributed by atoms with Crippen LogP contribution in [0, 0.1) is 0 Å². The maximum Gasteiger partial charge on any atom is 0.573 e. The Kier molecular flexibility index (Phi) is 4.20. The van der Waals surface area contributed by atoms with Gasteiger partial charge in [-0.05, 0) is 30.7 Å². The van der Waals surface area contributed by atoms with E-state index in [0.29, 0.717) is 12.0 Å². The van der Waals surface area contributed by atoms with Gasteiger partial charge in [0, 0.05) is 18.2 Å². The molecule has 2 rings (SSSR count). The SMILES string of the molecule is CCC1=CC(=O)N(c2ccc(OC(F)(F)F)cc2)C(F)C1. The topological polar surface area (TPSA) is 29.5 Å². The number of carbonyl (C=O) groups excluding carboxylic acids is 1. The highest BCUT2D eigenvalue weighted by Gasteiger charge is 2.32. The van der Waals surface area contributed by atoms with Gasteiger partial charge in [0.1, 0.15) is 5.75 Å². The average Bonchev–Trinajstić information content (AvgIpc) is 2.38. The van der Waals surface area contributed by atoms with Crippen LogP contribution in [0.4, 0.5) is 23.2 Å².